The zero-order valence-corrected chi connectivity index (χ0v) is 12.2. The summed E-state index contributed by atoms with van der Waals surface area (Å²) in [6.45, 7) is 0. The van der Waals surface area contributed by atoms with Crippen molar-refractivity contribution in [1.82, 2.24) is 0 Å². The maximum Gasteiger partial charge on any atom is 0.347 e. The lowest BCUT2D eigenvalue weighted by Crippen LogP contribution is -2.08. The van der Waals surface area contributed by atoms with Gasteiger partial charge in [-0.25, -0.2) is 28.8 Å². The van der Waals surface area contributed by atoms with E-state index in [1.807, 2.05) is 0 Å². The predicted molar refractivity (Wildman–Crippen MR) is 73.9 cm³/mol. The van der Waals surface area contributed by atoms with Crippen LogP contribution in [0.1, 0.15) is 0 Å². The Morgan fingerprint density at radius 2 is 1.04 bits per heavy atom. The van der Waals surface area contributed by atoms with Crippen LogP contribution in [0.25, 0.3) is 0 Å². The molecule has 0 saturated heterocycles. The van der Waals surface area contributed by atoms with Gasteiger partial charge in [-0.3, -0.25) is 0 Å². The van der Waals surface area contributed by atoms with E-state index in [1.165, 1.54) is 0 Å². The Bertz CT molecular complexity index is 593. The van der Waals surface area contributed by atoms with Gasteiger partial charge < -0.3 is 25.2 Å². The minimum atomic E-state index is -1.45. The van der Waals surface area contributed by atoms with Crippen molar-refractivity contribution in [1.29, 1.82) is 0 Å². The van der Waals surface area contributed by atoms with E-state index in [4.69, 9.17) is 32.0 Å². The van der Waals surface area contributed by atoms with Crippen LogP contribution in [0.3, 0.4) is 0 Å². The van der Waals surface area contributed by atoms with Crippen LogP contribution in [-0.4, -0.2) is 56.2 Å². The fourth-order valence-corrected chi connectivity index (χ4v) is 0.709. The first-order chi connectivity index (χ1) is 11.0. The maximum atomic E-state index is 10.6. The van der Waals surface area contributed by atoms with Crippen LogP contribution in [0.4, 0.5) is 0 Å². The molecule has 0 radical (unpaired) electrons. The third kappa shape index (κ3) is 16.6. The number of ether oxygens (including phenoxy) is 1. The molecular weight excluding hydrogens is 356 g/mol. The number of rotatable bonds is 6. The second-order valence-corrected chi connectivity index (χ2v) is 3.63. The zero-order chi connectivity index (χ0) is 19.3. The number of halogens is 1. The maximum absolute atomic E-state index is 10.6. The molecule has 0 bridgehead atoms. The van der Waals surface area contributed by atoms with Gasteiger partial charge in [-0.2, -0.15) is 0 Å². The normalized spacial score (nSPS) is 10.6. The summed E-state index contributed by atoms with van der Waals surface area (Å²) in [6.07, 6.45) is 2.42. The van der Waals surface area contributed by atoms with E-state index in [9.17, 15) is 28.8 Å². The number of esters is 2. The van der Waals surface area contributed by atoms with E-state index in [2.05, 4.69) is 4.74 Å². The van der Waals surface area contributed by atoms with Crippen LogP contribution in [0.5, 0.6) is 0 Å². The summed E-state index contributed by atoms with van der Waals surface area (Å²) >= 11 is 4.89. The third-order valence-electron chi connectivity index (χ3n) is 1.38. The number of carboxylic acids is 4. The molecule has 0 aliphatic carbocycles. The highest BCUT2D eigenvalue weighted by Gasteiger charge is 2.05. The molecule has 0 heterocycles. The smallest absolute Gasteiger partial charge is 0.347 e. The molecule has 0 saturated carbocycles. The molecule has 0 atom stereocenters. The lowest BCUT2D eigenvalue weighted by molar-refractivity contribution is -0.153. The number of carboxylic acid groups (broad SMARTS) is 4. The first-order valence-corrected chi connectivity index (χ1v) is 5.74. The molecule has 0 aromatic carbocycles. The largest absolute Gasteiger partial charge is 0.478 e. The molecule has 24 heavy (non-hydrogen) atoms. The molecule has 12 heteroatoms. The predicted octanol–water partition coefficient (Wildman–Crippen LogP) is -0.384. The van der Waals surface area contributed by atoms with Crippen LogP contribution in [0, 0.1) is 0 Å². The number of carbonyl (C=O) groups excluding carboxylic acids is 2. The summed E-state index contributed by atoms with van der Waals surface area (Å²) in [6, 6.07) is 0. The van der Waals surface area contributed by atoms with Gasteiger partial charge in [0, 0.05) is 30.4 Å². The molecule has 0 aromatic rings. The summed E-state index contributed by atoms with van der Waals surface area (Å²) in [7, 11) is 0. The average Bonchev–Trinajstić information content (AvgIpc) is 2.42. The number of aliphatic carboxylic acids is 4. The Morgan fingerprint density at radius 1 is 0.667 bits per heavy atom. The monoisotopic (exact) mass is 364 g/mol. The minimum Gasteiger partial charge on any atom is -0.478 e. The molecule has 4 N–H and O–H groups in total. The quantitative estimate of drug-likeness (QED) is 0.272. The van der Waals surface area contributed by atoms with Gasteiger partial charge in [-0.15, -0.1) is 0 Å². The number of hydrogen-bond donors (Lipinski definition) is 4. The first-order valence-electron chi connectivity index (χ1n) is 5.37. The molecule has 0 amide bonds. The van der Waals surface area contributed by atoms with Crippen molar-refractivity contribution in [3.63, 3.8) is 0 Å². The molecule has 130 valence electrons. The minimum absolute atomic E-state index is 0.407. The van der Waals surface area contributed by atoms with Gasteiger partial charge in [0.15, 0.2) is 0 Å². The van der Waals surface area contributed by atoms with Crippen molar-refractivity contribution in [2.45, 2.75) is 0 Å². The van der Waals surface area contributed by atoms with Crippen molar-refractivity contribution >= 4 is 47.4 Å². The van der Waals surface area contributed by atoms with E-state index in [0.717, 1.165) is 0 Å². The molecule has 0 fully saturated rings. The fraction of sp³-hybridized carbons (Fsp3) is 0. The molecule has 0 rings (SSSR count). The highest BCUT2D eigenvalue weighted by molar-refractivity contribution is 6.42. The van der Waals surface area contributed by atoms with Crippen LogP contribution < -0.4 is 0 Å². The summed E-state index contributed by atoms with van der Waals surface area (Å²) < 4.78 is 3.97. The second-order valence-electron chi connectivity index (χ2n) is 3.22. The first kappa shape index (κ1) is 22.8. The lowest BCUT2D eigenvalue weighted by atomic mass is 10.5. The molecule has 0 spiro atoms. The van der Waals surface area contributed by atoms with Crippen LogP contribution in [-0.2, 0) is 33.5 Å². The molecular formula is C12H9ClO11. The highest BCUT2D eigenvalue weighted by Crippen LogP contribution is 1.98. The Labute approximate surface area is 137 Å². The van der Waals surface area contributed by atoms with E-state index in [-0.39, 0.29) is 0 Å². The van der Waals surface area contributed by atoms with Gasteiger partial charge in [0.1, 0.15) is 5.03 Å². The Hall–Kier alpha value is -3.47. The van der Waals surface area contributed by atoms with E-state index in [0.29, 0.717) is 30.4 Å². The lowest BCUT2D eigenvalue weighted by Gasteiger charge is -1.92. The average molecular weight is 365 g/mol. The summed E-state index contributed by atoms with van der Waals surface area (Å²) in [4.78, 5) is 60.6. The topological polar surface area (TPSA) is 193 Å². The summed E-state index contributed by atoms with van der Waals surface area (Å²) in [5, 5.41) is 31.4. The Morgan fingerprint density at radius 3 is 1.25 bits per heavy atom. The summed E-state index contributed by atoms with van der Waals surface area (Å²) in [5.74, 6) is -7.96. The van der Waals surface area contributed by atoms with Crippen LogP contribution in [0.15, 0.2) is 35.4 Å². The SMILES string of the molecule is O=C(O)/C=C(/Cl)C(=O)O.O=C(O)/C=C\C(=O)OC(=O)/C=C\C(=O)O. The standard InChI is InChI=1S/C8H6O7.C4H3ClO4/c9-5(10)1-3-7(13)15-8(14)4-2-6(11)12;5-2(4(8)9)1-3(6)7/h1-4H,(H,9,10)(H,11,12);1H,(H,6,7)(H,8,9)/b3-1-,4-2-;2-1+. The van der Waals surface area contributed by atoms with Crippen molar-refractivity contribution in [2.75, 3.05) is 0 Å². The zero-order valence-electron chi connectivity index (χ0n) is 11.4. The van der Waals surface area contributed by atoms with Crippen LogP contribution in [0.2, 0.25) is 0 Å². The van der Waals surface area contributed by atoms with Crippen LogP contribution >= 0.6 is 11.6 Å². The molecule has 0 unspecified atom stereocenters. The van der Waals surface area contributed by atoms with Gasteiger partial charge in [0.05, 0.1) is 0 Å². The fourth-order valence-electron chi connectivity index (χ4n) is 0.616. The molecule has 0 aliphatic rings. The molecule has 0 aliphatic heterocycles. The van der Waals surface area contributed by atoms with Gasteiger partial charge in [0.25, 0.3) is 0 Å². The van der Waals surface area contributed by atoms with Gasteiger partial charge in [0.2, 0.25) is 0 Å². The van der Waals surface area contributed by atoms with E-state index in [1.54, 1.807) is 0 Å². The molecule has 11 nitrogen and oxygen atoms in total. The number of hydrogen-bond acceptors (Lipinski definition) is 7. The van der Waals surface area contributed by atoms with Crippen molar-refractivity contribution in [2.24, 2.45) is 0 Å². The Kier molecular flexibility index (Phi) is 11.5. The number of carbonyl (C=O) groups is 6. The summed E-state index contributed by atoms with van der Waals surface area (Å²) in [5.41, 5.74) is 0. The van der Waals surface area contributed by atoms with Gasteiger partial charge in [-0.1, -0.05) is 11.6 Å². The van der Waals surface area contributed by atoms with E-state index < -0.39 is 40.8 Å². The van der Waals surface area contributed by atoms with Crippen molar-refractivity contribution in [3.8, 4) is 0 Å². The van der Waals surface area contributed by atoms with Crippen molar-refractivity contribution in [3.05, 3.63) is 35.4 Å². The second kappa shape index (κ2) is 12.1. The molecule has 0 aromatic heterocycles. The Balaban J connectivity index is 0. The van der Waals surface area contributed by atoms with Gasteiger partial charge in [-0.05, 0) is 0 Å². The van der Waals surface area contributed by atoms with Gasteiger partial charge >= 0.3 is 35.8 Å². The van der Waals surface area contributed by atoms with E-state index >= 15 is 0 Å². The third-order valence-corrected chi connectivity index (χ3v) is 1.65. The highest BCUT2D eigenvalue weighted by atomic mass is 35.5. The van der Waals surface area contributed by atoms with Crippen molar-refractivity contribution < 1.29 is 53.9 Å².